The lowest BCUT2D eigenvalue weighted by atomic mass is 10.1. The van der Waals surface area contributed by atoms with Crippen molar-refractivity contribution in [2.24, 2.45) is 0 Å². The van der Waals surface area contributed by atoms with Crippen LogP contribution in [0.5, 0.6) is 0 Å². The van der Waals surface area contributed by atoms with Crippen LogP contribution in [0.25, 0.3) is 11.4 Å². The first-order valence-corrected chi connectivity index (χ1v) is 7.59. The third-order valence-electron chi connectivity index (χ3n) is 2.86. The Hall–Kier alpha value is -1.21. The largest absolute Gasteiger partial charge is 0.380 e. The molecule has 0 spiro atoms. The minimum Gasteiger partial charge on any atom is -0.380 e. The Kier molecular flexibility index (Phi) is 5.31. The molecule has 0 atom stereocenters. The zero-order chi connectivity index (χ0) is 14.5. The number of aromatic nitrogens is 2. The Labute approximate surface area is 133 Å². The van der Waals surface area contributed by atoms with Crippen molar-refractivity contribution in [3.8, 4) is 11.4 Å². The van der Waals surface area contributed by atoms with Crippen molar-refractivity contribution in [1.82, 2.24) is 9.97 Å². The van der Waals surface area contributed by atoms with Crippen molar-refractivity contribution in [2.75, 3.05) is 19.0 Å². The summed E-state index contributed by atoms with van der Waals surface area (Å²) < 4.78 is 6.24. The Morgan fingerprint density at radius 1 is 1.30 bits per heavy atom. The van der Waals surface area contributed by atoms with E-state index in [0.29, 0.717) is 6.61 Å². The molecule has 1 aromatic carbocycles. The highest BCUT2D eigenvalue weighted by Gasteiger charge is 2.10. The Morgan fingerprint density at radius 3 is 2.80 bits per heavy atom. The van der Waals surface area contributed by atoms with E-state index >= 15 is 0 Å². The topological polar surface area (TPSA) is 47.0 Å². The van der Waals surface area contributed by atoms with Crippen molar-refractivity contribution in [3.63, 3.8) is 0 Å². The van der Waals surface area contributed by atoms with Gasteiger partial charge in [0.2, 0.25) is 0 Å². The highest BCUT2D eigenvalue weighted by atomic mass is 127. The number of nitrogens with one attached hydrogen (secondary N) is 1. The second-order valence-electron chi connectivity index (χ2n) is 4.46. The second kappa shape index (κ2) is 6.99. The number of halogens is 1. The number of anilines is 1. The number of nitrogens with zero attached hydrogens (tertiary/aromatic N) is 2. The molecule has 0 saturated carbocycles. The van der Waals surface area contributed by atoms with Crippen LogP contribution in [0.1, 0.15) is 18.2 Å². The molecular formula is C15H18IN3O. The molecule has 1 aromatic heterocycles. The van der Waals surface area contributed by atoms with E-state index in [1.807, 2.05) is 25.1 Å². The molecule has 106 valence electrons. The third kappa shape index (κ3) is 3.46. The molecule has 0 aliphatic heterocycles. The smallest absolute Gasteiger partial charge is 0.161 e. The van der Waals surface area contributed by atoms with Crippen LogP contribution in [-0.4, -0.2) is 23.6 Å². The first-order valence-electron chi connectivity index (χ1n) is 6.52. The number of aryl methyl sites for hydroxylation is 1. The van der Waals surface area contributed by atoms with E-state index in [1.165, 1.54) is 0 Å². The molecule has 0 amide bonds. The number of hydrogen-bond acceptors (Lipinski definition) is 4. The van der Waals surface area contributed by atoms with Crippen LogP contribution in [0.2, 0.25) is 0 Å². The molecule has 5 heteroatoms. The van der Waals surface area contributed by atoms with Gasteiger partial charge in [0.15, 0.2) is 5.82 Å². The van der Waals surface area contributed by atoms with E-state index in [9.17, 15) is 0 Å². The zero-order valence-corrected chi connectivity index (χ0v) is 14.1. The summed E-state index contributed by atoms with van der Waals surface area (Å²) in [7, 11) is 1.70. The predicted octanol–water partition coefficient (Wildman–Crippen LogP) is 3.63. The maximum atomic E-state index is 5.17. The SMILES string of the molecule is CCNc1nc(-c2cccc(COC)c2)nc(C)c1I. The number of rotatable bonds is 5. The highest BCUT2D eigenvalue weighted by Crippen LogP contribution is 2.24. The standard InChI is InChI=1S/C15H18IN3O/c1-4-17-15-13(16)10(2)18-14(19-15)12-7-5-6-11(8-12)9-20-3/h5-8H,4,9H2,1-3H3,(H,17,18,19). The molecular weight excluding hydrogens is 365 g/mol. The molecule has 0 unspecified atom stereocenters. The van der Waals surface area contributed by atoms with E-state index in [1.54, 1.807) is 7.11 Å². The van der Waals surface area contributed by atoms with Gasteiger partial charge in [-0.3, -0.25) is 0 Å². The molecule has 0 aliphatic carbocycles. The van der Waals surface area contributed by atoms with Crippen molar-refractivity contribution in [1.29, 1.82) is 0 Å². The molecule has 0 saturated heterocycles. The minimum absolute atomic E-state index is 0.595. The van der Waals surface area contributed by atoms with Gasteiger partial charge < -0.3 is 10.1 Å². The fraction of sp³-hybridized carbons (Fsp3) is 0.333. The van der Waals surface area contributed by atoms with Gasteiger partial charge in [-0.15, -0.1) is 0 Å². The van der Waals surface area contributed by atoms with Crippen LogP contribution in [0.15, 0.2) is 24.3 Å². The number of benzene rings is 1. The Morgan fingerprint density at radius 2 is 2.10 bits per heavy atom. The normalized spacial score (nSPS) is 10.6. The van der Waals surface area contributed by atoms with Crippen LogP contribution < -0.4 is 5.32 Å². The van der Waals surface area contributed by atoms with E-state index < -0.39 is 0 Å². The molecule has 0 radical (unpaired) electrons. The highest BCUT2D eigenvalue weighted by molar-refractivity contribution is 14.1. The van der Waals surface area contributed by atoms with Gasteiger partial charge in [0.1, 0.15) is 5.82 Å². The number of ether oxygens (including phenoxy) is 1. The maximum Gasteiger partial charge on any atom is 0.161 e. The number of hydrogen-bond donors (Lipinski definition) is 1. The van der Waals surface area contributed by atoms with Gasteiger partial charge >= 0.3 is 0 Å². The minimum atomic E-state index is 0.595. The predicted molar refractivity (Wildman–Crippen MR) is 89.8 cm³/mol. The van der Waals surface area contributed by atoms with E-state index in [2.05, 4.69) is 50.9 Å². The second-order valence-corrected chi connectivity index (χ2v) is 5.54. The molecule has 1 N–H and O–H groups in total. The molecule has 20 heavy (non-hydrogen) atoms. The molecule has 0 fully saturated rings. The first kappa shape index (κ1) is 15.2. The van der Waals surface area contributed by atoms with Crippen molar-refractivity contribution in [2.45, 2.75) is 20.5 Å². The summed E-state index contributed by atoms with van der Waals surface area (Å²) in [5.41, 5.74) is 3.12. The van der Waals surface area contributed by atoms with Crippen LogP contribution >= 0.6 is 22.6 Å². The average Bonchev–Trinajstić information content (AvgIpc) is 2.44. The lowest BCUT2D eigenvalue weighted by molar-refractivity contribution is 0.185. The van der Waals surface area contributed by atoms with Crippen molar-refractivity contribution < 1.29 is 4.74 Å². The van der Waals surface area contributed by atoms with Crippen molar-refractivity contribution >= 4 is 28.4 Å². The van der Waals surface area contributed by atoms with E-state index in [0.717, 1.165) is 38.6 Å². The zero-order valence-electron chi connectivity index (χ0n) is 11.9. The van der Waals surface area contributed by atoms with E-state index in [4.69, 9.17) is 4.74 Å². The Bertz CT molecular complexity index is 602. The summed E-state index contributed by atoms with van der Waals surface area (Å²) >= 11 is 2.28. The lowest BCUT2D eigenvalue weighted by Crippen LogP contribution is -2.06. The van der Waals surface area contributed by atoms with E-state index in [-0.39, 0.29) is 0 Å². The van der Waals surface area contributed by atoms with Crippen molar-refractivity contribution in [3.05, 3.63) is 39.1 Å². The van der Waals surface area contributed by atoms with Gasteiger partial charge in [-0.2, -0.15) is 0 Å². The van der Waals surface area contributed by atoms with Crippen LogP contribution in [-0.2, 0) is 11.3 Å². The van der Waals surface area contributed by atoms with Gasteiger partial charge in [-0.05, 0) is 48.1 Å². The molecule has 4 nitrogen and oxygen atoms in total. The Balaban J connectivity index is 2.44. The quantitative estimate of drug-likeness (QED) is 0.802. The fourth-order valence-corrected chi connectivity index (χ4v) is 2.37. The monoisotopic (exact) mass is 383 g/mol. The average molecular weight is 383 g/mol. The van der Waals surface area contributed by atoms with Gasteiger partial charge in [-0.25, -0.2) is 9.97 Å². The first-order chi connectivity index (χ1) is 9.65. The van der Waals surface area contributed by atoms with Gasteiger partial charge in [-0.1, -0.05) is 18.2 Å². The fourth-order valence-electron chi connectivity index (χ4n) is 1.94. The van der Waals surface area contributed by atoms with Crippen LogP contribution in [0, 0.1) is 10.5 Å². The molecule has 2 aromatic rings. The molecule has 0 aliphatic rings. The lowest BCUT2D eigenvalue weighted by Gasteiger charge is -2.10. The molecule has 2 rings (SSSR count). The summed E-state index contributed by atoms with van der Waals surface area (Å²) in [5.74, 6) is 1.64. The summed E-state index contributed by atoms with van der Waals surface area (Å²) in [6.45, 7) is 5.51. The van der Waals surface area contributed by atoms with Gasteiger partial charge in [0.25, 0.3) is 0 Å². The van der Waals surface area contributed by atoms with Crippen LogP contribution in [0.4, 0.5) is 5.82 Å². The van der Waals surface area contributed by atoms with Gasteiger partial charge in [0, 0.05) is 19.2 Å². The molecule has 1 heterocycles. The van der Waals surface area contributed by atoms with Crippen LogP contribution in [0.3, 0.4) is 0 Å². The van der Waals surface area contributed by atoms with Gasteiger partial charge in [0.05, 0.1) is 15.9 Å². The molecule has 0 bridgehead atoms. The maximum absolute atomic E-state index is 5.17. The summed E-state index contributed by atoms with van der Waals surface area (Å²) in [6.07, 6.45) is 0. The summed E-state index contributed by atoms with van der Waals surface area (Å²) in [4.78, 5) is 9.21. The third-order valence-corrected chi connectivity index (χ3v) is 4.15. The number of methoxy groups -OCH3 is 1. The summed E-state index contributed by atoms with van der Waals surface area (Å²) in [5, 5.41) is 3.28. The summed E-state index contributed by atoms with van der Waals surface area (Å²) in [6, 6.07) is 8.14.